The number of hydrogen-bond donors (Lipinski definition) is 3. The quantitative estimate of drug-likeness (QED) is 0.295. The Bertz CT molecular complexity index is 470. The van der Waals surface area contributed by atoms with E-state index in [0.29, 0.717) is 24.4 Å². The maximum atomic E-state index is 9.78. The van der Waals surface area contributed by atoms with Crippen LogP contribution in [0.1, 0.15) is 25.7 Å². The van der Waals surface area contributed by atoms with Gasteiger partial charge in [0.25, 0.3) is 6.47 Å². The van der Waals surface area contributed by atoms with Crippen molar-refractivity contribution in [2.75, 3.05) is 39.6 Å². The first-order chi connectivity index (χ1) is 13.2. The van der Waals surface area contributed by atoms with Crippen LogP contribution in [0.3, 0.4) is 0 Å². The molecule has 3 N–H and O–H groups in total. The summed E-state index contributed by atoms with van der Waals surface area (Å²) in [6, 6.07) is 6.02. The number of phenols is 1. The Morgan fingerprint density at radius 2 is 1.56 bits per heavy atom. The Morgan fingerprint density at radius 1 is 1.00 bits per heavy atom. The van der Waals surface area contributed by atoms with Crippen LogP contribution >= 0.6 is 0 Å². The lowest BCUT2D eigenvalue weighted by molar-refractivity contribution is -0.120. The molecule has 3 rings (SSSR count). The molecule has 0 aromatic heterocycles. The summed E-state index contributed by atoms with van der Waals surface area (Å²) < 4.78 is 19.6. The van der Waals surface area contributed by atoms with Crippen molar-refractivity contribution < 1.29 is 39.1 Å². The lowest BCUT2D eigenvalue weighted by atomic mass is 10.2. The largest absolute Gasteiger partial charge is 0.508 e. The van der Waals surface area contributed by atoms with Crippen molar-refractivity contribution in [3.8, 4) is 11.5 Å². The lowest BCUT2D eigenvalue weighted by Gasteiger charge is -1.95. The molecule has 1 aromatic carbocycles. The molecule has 0 bridgehead atoms. The van der Waals surface area contributed by atoms with Gasteiger partial charge in [0, 0.05) is 19.3 Å². The second kappa shape index (κ2) is 15.4. The summed E-state index contributed by atoms with van der Waals surface area (Å²) in [6.07, 6.45) is 4.61. The number of benzene rings is 1. The summed E-state index contributed by atoms with van der Waals surface area (Å²) in [5, 5.41) is 25.4. The number of ether oxygens (including phenoxy) is 4. The molecular weight excluding hydrogens is 356 g/mol. The van der Waals surface area contributed by atoms with Crippen LogP contribution in [0.15, 0.2) is 24.3 Å². The molecule has 8 heteroatoms. The van der Waals surface area contributed by atoms with Gasteiger partial charge in [-0.3, -0.25) is 4.79 Å². The van der Waals surface area contributed by atoms with Crippen molar-refractivity contribution in [1.29, 1.82) is 0 Å². The first-order valence-corrected chi connectivity index (χ1v) is 9.11. The molecule has 2 heterocycles. The fourth-order valence-electron chi connectivity index (χ4n) is 1.85. The van der Waals surface area contributed by atoms with Gasteiger partial charge < -0.3 is 34.3 Å². The minimum atomic E-state index is 0.0827. The number of aliphatic hydroxyl groups excluding tert-OH is 2. The number of carbonyl (C=O) groups excluding carboxylic acids is 1. The molecule has 0 spiro atoms. The van der Waals surface area contributed by atoms with Crippen molar-refractivity contribution >= 4 is 6.47 Å². The van der Waals surface area contributed by atoms with Gasteiger partial charge in [0.15, 0.2) is 0 Å². The van der Waals surface area contributed by atoms with Gasteiger partial charge in [0.2, 0.25) is 0 Å². The van der Waals surface area contributed by atoms with Crippen LogP contribution in [0.25, 0.3) is 0 Å². The van der Waals surface area contributed by atoms with E-state index >= 15 is 0 Å². The van der Waals surface area contributed by atoms with E-state index in [0.717, 1.165) is 52.1 Å². The Kier molecular flexibility index (Phi) is 13.3. The Labute approximate surface area is 159 Å². The minimum absolute atomic E-state index is 0.0827. The molecule has 2 unspecified atom stereocenters. The molecule has 0 saturated carbocycles. The molecule has 0 aliphatic carbocycles. The van der Waals surface area contributed by atoms with Crippen molar-refractivity contribution in [2.24, 2.45) is 0 Å². The van der Waals surface area contributed by atoms with Crippen LogP contribution in [0.5, 0.6) is 11.5 Å². The molecule has 0 radical (unpaired) electrons. The molecular formula is C19H30O8. The van der Waals surface area contributed by atoms with Gasteiger partial charge in [0.1, 0.15) is 23.7 Å². The van der Waals surface area contributed by atoms with E-state index < -0.39 is 0 Å². The topological polar surface area (TPSA) is 121 Å². The van der Waals surface area contributed by atoms with Crippen LogP contribution in [0.2, 0.25) is 0 Å². The molecule has 2 saturated heterocycles. The van der Waals surface area contributed by atoms with E-state index in [-0.39, 0.29) is 19.0 Å². The highest BCUT2D eigenvalue weighted by atomic mass is 16.6. The average Bonchev–Trinajstić information content (AvgIpc) is 3.56. The Balaban J connectivity index is 0.000000204. The average molecular weight is 386 g/mol. The Morgan fingerprint density at radius 3 is 1.96 bits per heavy atom. The summed E-state index contributed by atoms with van der Waals surface area (Å²) in [5.41, 5.74) is 0. The molecule has 8 nitrogen and oxygen atoms in total. The normalized spacial score (nSPS) is 19.0. The number of unbranched alkanes of at least 4 members (excludes halogenated alkanes) is 3. The van der Waals surface area contributed by atoms with Gasteiger partial charge in [-0.05, 0) is 25.0 Å². The smallest absolute Gasteiger partial charge is 0.298 e. The molecule has 2 atom stereocenters. The zero-order valence-electron chi connectivity index (χ0n) is 15.5. The highest BCUT2D eigenvalue weighted by Crippen LogP contribution is 2.16. The SMILES string of the molecule is C(OCC1CO1)C1CO1.O=COc1cccc(O)c1.OCCCCCCO. The second-order valence-corrected chi connectivity index (χ2v) is 6.02. The number of aromatic hydroxyl groups is 1. The molecule has 1 aromatic rings. The number of rotatable bonds is 11. The van der Waals surface area contributed by atoms with E-state index in [2.05, 4.69) is 4.74 Å². The number of carbonyl (C=O) groups is 1. The molecule has 0 amide bonds. The minimum Gasteiger partial charge on any atom is -0.508 e. The molecule has 154 valence electrons. The molecule has 2 fully saturated rings. The second-order valence-electron chi connectivity index (χ2n) is 6.02. The van der Waals surface area contributed by atoms with Gasteiger partial charge in [-0.2, -0.15) is 0 Å². The van der Waals surface area contributed by atoms with Crippen LogP contribution in [0.4, 0.5) is 0 Å². The van der Waals surface area contributed by atoms with E-state index in [1.54, 1.807) is 12.1 Å². The summed E-state index contributed by atoms with van der Waals surface area (Å²) in [5.74, 6) is 0.425. The highest BCUT2D eigenvalue weighted by molar-refractivity contribution is 5.46. The fourth-order valence-corrected chi connectivity index (χ4v) is 1.85. The van der Waals surface area contributed by atoms with Gasteiger partial charge in [-0.25, -0.2) is 0 Å². The van der Waals surface area contributed by atoms with Crippen LogP contribution in [-0.2, 0) is 19.0 Å². The zero-order chi connectivity index (χ0) is 19.7. The third kappa shape index (κ3) is 15.1. The number of phenolic OH excluding ortho intramolecular Hbond substituents is 1. The van der Waals surface area contributed by atoms with E-state index in [1.165, 1.54) is 12.1 Å². The van der Waals surface area contributed by atoms with Crippen LogP contribution < -0.4 is 4.74 Å². The summed E-state index contributed by atoms with van der Waals surface area (Å²) >= 11 is 0. The maximum Gasteiger partial charge on any atom is 0.298 e. The third-order valence-electron chi connectivity index (χ3n) is 3.48. The Hall–Kier alpha value is -1.71. The van der Waals surface area contributed by atoms with Crippen molar-refractivity contribution in [2.45, 2.75) is 37.9 Å². The molecule has 2 aliphatic heterocycles. The summed E-state index contributed by atoms with van der Waals surface area (Å²) in [4.78, 5) is 9.78. The van der Waals surface area contributed by atoms with Crippen molar-refractivity contribution in [1.82, 2.24) is 0 Å². The number of hydrogen-bond acceptors (Lipinski definition) is 8. The van der Waals surface area contributed by atoms with Gasteiger partial charge in [0.05, 0.1) is 26.4 Å². The number of epoxide rings is 2. The first-order valence-electron chi connectivity index (χ1n) is 9.11. The molecule has 2 aliphatic rings. The van der Waals surface area contributed by atoms with E-state index in [4.69, 9.17) is 29.5 Å². The maximum absolute atomic E-state index is 9.78. The summed E-state index contributed by atoms with van der Waals surface area (Å²) in [6.45, 7) is 4.14. The monoisotopic (exact) mass is 386 g/mol. The van der Waals surface area contributed by atoms with E-state index in [1.807, 2.05) is 0 Å². The van der Waals surface area contributed by atoms with Crippen molar-refractivity contribution in [3.63, 3.8) is 0 Å². The number of aliphatic hydroxyl groups is 2. The van der Waals surface area contributed by atoms with Gasteiger partial charge in [-0.1, -0.05) is 18.9 Å². The van der Waals surface area contributed by atoms with Crippen LogP contribution in [0, 0.1) is 0 Å². The first kappa shape index (κ1) is 23.3. The van der Waals surface area contributed by atoms with Crippen LogP contribution in [-0.4, -0.2) is 73.6 Å². The van der Waals surface area contributed by atoms with Crippen molar-refractivity contribution in [3.05, 3.63) is 24.3 Å². The third-order valence-corrected chi connectivity index (χ3v) is 3.48. The standard InChI is InChI=1S/C7H6O3.C6H10O3.C6H14O2/c8-5-10-7-3-1-2-6(9)4-7;1(5-3-8-5)7-2-6-4-9-6;7-5-3-1-2-4-6-8/h1-5,9H;5-6H,1-4H2;7-8H,1-6H2. The highest BCUT2D eigenvalue weighted by Gasteiger charge is 2.26. The van der Waals surface area contributed by atoms with E-state index in [9.17, 15) is 4.79 Å². The fraction of sp³-hybridized carbons (Fsp3) is 0.632. The zero-order valence-corrected chi connectivity index (χ0v) is 15.5. The summed E-state index contributed by atoms with van der Waals surface area (Å²) in [7, 11) is 0. The predicted molar refractivity (Wildman–Crippen MR) is 97.7 cm³/mol. The van der Waals surface area contributed by atoms with Gasteiger partial charge in [-0.15, -0.1) is 0 Å². The predicted octanol–water partition coefficient (Wildman–Crippen LogP) is 1.26. The van der Waals surface area contributed by atoms with Gasteiger partial charge >= 0.3 is 0 Å². The lowest BCUT2D eigenvalue weighted by Crippen LogP contribution is -2.06. The molecule has 27 heavy (non-hydrogen) atoms.